The zero-order chi connectivity index (χ0) is 17.7. The van der Waals surface area contributed by atoms with Crippen molar-refractivity contribution in [3.63, 3.8) is 0 Å². The van der Waals surface area contributed by atoms with Crippen molar-refractivity contribution in [3.8, 4) is 0 Å². The Morgan fingerprint density at radius 2 is 1.88 bits per heavy atom. The number of nitrogens with one attached hydrogen (secondary N) is 1. The Balaban J connectivity index is 1.38. The van der Waals surface area contributed by atoms with Crippen LogP contribution in [0, 0.1) is 5.92 Å². The van der Waals surface area contributed by atoms with Gasteiger partial charge in [-0.25, -0.2) is 4.39 Å². The fourth-order valence-corrected chi connectivity index (χ4v) is 2.98. The molecular weight excluding hydrogens is 323 g/mol. The minimum absolute atomic E-state index is 0.0257. The third-order valence-corrected chi connectivity index (χ3v) is 4.90. The van der Waals surface area contributed by atoms with Gasteiger partial charge in [-0.05, 0) is 24.3 Å². The summed E-state index contributed by atoms with van der Waals surface area (Å²) in [5, 5.41) is 2.71. The molecule has 2 aliphatic rings. The van der Waals surface area contributed by atoms with Crippen molar-refractivity contribution in [2.24, 2.45) is 5.92 Å². The summed E-state index contributed by atoms with van der Waals surface area (Å²) in [6.45, 7) is 1.42. The average Bonchev–Trinajstić information content (AvgIpc) is 3.45. The molecule has 1 aliphatic heterocycles. The van der Waals surface area contributed by atoms with Crippen LogP contribution < -0.4 is 5.32 Å². The highest BCUT2D eigenvalue weighted by atomic mass is 19.1. The van der Waals surface area contributed by atoms with E-state index in [0.717, 1.165) is 18.4 Å². The highest BCUT2D eigenvalue weighted by Gasteiger charge is 2.42. The van der Waals surface area contributed by atoms with Gasteiger partial charge in [0.05, 0.1) is 6.61 Å². The summed E-state index contributed by atoms with van der Waals surface area (Å²) < 4.78 is 20.2. The number of nitrogens with zero attached hydrogens (tertiary/aromatic N) is 1. The molecule has 1 saturated heterocycles. The van der Waals surface area contributed by atoms with E-state index < -0.39 is 11.6 Å². The SMILES string of the molecule is O=C(COCc1ccccc1)N1CCC(F)(C(=O)NCC2CC2)CC1. The van der Waals surface area contributed by atoms with Crippen LogP contribution in [0.4, 0.5) is 4.39 Å². The van der Waals surface area contributed by atoms with Gasteiger partial charge >= 0.3 is 0 Å². The van der Waals surface area contributed by atoms with Crippen LogP contribution in [0.1, 0.15) is 31.2 Å². The molecule has 1 N–H and O–H groups in total. The van der Waals surface area contributed by atoms with Crippen molar-refractivity contribution in [2.75, 3.05) is 26.2 Å². The van der Waals surface area contributed by atoms with Crippen LogP contribution in [-0.2, 0) is 20.9 Å². The lowest BCUT2D eigenvalue weighted by molar-refractivity contribution is -0.145. The molecule has 0 aromatic heterocycles. The van der Waals surface area contributed by atoms with E-state index in [9.17, 15) is 14.0 Å². The van der Waals surface area contributed by atoms with Gasteiger partial charge in [-0.2, -0.15) is 0 Å². The van der Waals surface area contributed by atoms with E-state index in [4.69, 9.17) is 4.74 Å². The summed E-state index contributed by atoms with van der Waals surface area (Å²) in [6, 6.07) is 9.62. The van der Waals surface area contributed by atoms with Gasteiger partial charge in [-0.1, -0.05) is 30.3 Å². The van der Waals surface area contributed by atoms with Gasteiger partial charge in [0, 0.05) is 32.5 Å². The first kappa shape index (κ1) is 17.9. The largest absolute Gasteiger partial charge is 0.367 e. The topological polar surface area (TPSA) is 58.6 Å². The van der Waals surface area contributed by atoms with Crippen molar-refractivity contribution < 1.29 is 18.7 Å². The highest BCUT2D eigenvalue weighted by Crippen LogP contribution is 2.30. The van der Waals surface area contributed by atoms with Crippen LogP contribution in [0.2, 0.25) is 0 Å². The molecule has 0 unspecified atom stereocenters. The Hall–Kier alpha value is -1.95. The lowest BCUT2D eigenvalue weighted by Gasteiger charge is -2.35. The van der Waals surface area contributed by atoms with Gasteiger partial charge in [0.1, 0.15) is 6.61 Å². The molecule has 2 fully saturated rings. The Bertz CT molecular complexity index is 596. The van der Waals surface area contributed by atoms with Crippen molar-refractivity contribution in [1.82, 2.24) is 10.2 Å². The monoisotopic (exact) mass is 348 g/mol. The summed E-state index contributed by atoms with van der Waals surface area (Å²) in [7, 11) is 0. The molecule has 6 heteroatoms. The number of ether oxygens (including phenoxy) is 1. The lowest BCUT2D eigenvalue weighted by Crippen LogP contribution is -2.53. The number of amides is 2. The van der Waals surface area contributed by atoms with Crippen LogP contribution in [0.25, 0.3) is 0 Å². The standard InChI is InChI=1S/C19H25FN2O3/c20-19(18(24)21-12-15-6-7-15)8-10-22(11-9-19)17(23)14-25-13-16-4-2-1-3-5-16/h1-5,15H,6-14H2,(H,21,24). The molecule has 0 bridgehead atoms. The molecule has 1 aliphatic carbocycles. The van der Waals surface area contributed by atoms with Gasteiger partial charge in [0.25, 0.3) is 5.91 Å². The molecule has 0 spiro atoms. The average molecular weight is 348 g/mol. The Morgan fingerprint density at radius 3 is 2.52 bits per heavy atom. The first-order valence-corrected chi connectivity index (χ1v) is 8.93. The van der Waals surface area contributed by atoms with E-state index in [2.05, 4.69) is 5.32 Å². The first-order valence-electron chi connectivity index (χ1n) is 8.93. The van der Waals surface area contributed by atoms with Crippen LogP contribution in [0.15, 0.2) is 30.3 Å². The summed E-state index contributed by atoms with van der Waals surface area (Å²) in [6.07, 6.45) is 2.33. The molecule has 2 amide bonds. The number of hydrogen-bond acceptors (Lipinski definition) is 3. The van der Waals surface area contributed by atoms with Crippen molar-refractivity contribution >= 4 is 11.8 Å². The third-order valence-electron chi connectivity index (χ3n) is 4.90. The number of alkyl halides is 1. The second-order valence-corrected chi connectivity index (χ2v) is 6.98. The maximum atomic E-state index is 14.8. The van der Waals surface area contributed by atoms with Gasteiger partial charge in [-0.3, -0.25) is 9.59 Å². The molecule has 1 saturated carbocycles. The normalized spacial score (nSPS) is 19.5. The Morgan fingerprint density at radius 1 is 1.20 bits per heavy atom. The zero-order valence-corrected chi connectivity index (χ0v) is 14.4. The minimum Gasteiger partial charge on any atom is -0.367 e. The van der Waals surface area contributed by atoms with E-state index in [-0.39, 0.29) is 38.4 Å². The second kappa shape index (κ2) is 7.95. The number of rotatable bonds is 7. The van der Waals surface area contributed by atoms with Crippen LogP contribution in [0.5, 0.6) is 0 Å². The second-order valence-electron chi connectivity index (χ2n) is 6.98. The van der Waals surface area contributed by atoms with Gasteiger partial charge in [-0.15, -0.1) is 0 Å². The van der Waals surface area contributed by atoms with E-state index in [1.54, 1.807) is 4.90 Å². The van der Waals surface area contributed by atoms with E-state index in [0.29, 0.717) is 19.1 Å². The quantitative estimate of drug-likeness (QED) is 0.821. The van der Waals surface area contributed by atoms with Gasteiger partial charge in [0.2, 0.25) is 5.91 Å². The highest BCUT2D eigenvalue weighted by molar-refractivity contribution is 5.86. The number of likely N-dealkylation sites (tertiary alicyclic amines) is 1. The van der Waals surface area contributed by atoms with Gasteiger partial charge < -0.3 is 15.0 Å². The van der Waals surface area contributed by atoms with E-state index >= 15 is 0 Å². The molecule has 3 rings (SSSR count). The summed E-state index contributed by atoms with van der Waals surface area (Å²) >= 11 is 0. The molecule has 1 aromatic carbocycles. The predicted molar refractivity (Wildman–Crippen MR) is 91.5 cm³/mol. The van der Waals surface area contributed by atoms with Crippen LogP contribution in [0.3, 0.4) is 0 Å². The Kier molecular flexibility index (Phi) is 5.68. The van der Waals surface area contributed by atoms with Gasteiger partial charge in [0.15, 0.2) is 5.67 Å². The summed E-state index contributed by atoms with van der Waals surface area (Å²) in [4.78, 5) is 25.8. The number of piperidine rings is 1. The number of hydrogen-bond donors (Lipinski definition) is 1. The maximum Gasteiger partial charge on any atom is 0.257 e. The van der Waals surface area contributed by atoms with E-state index in [1.807, 2.05) is 30.3 Å². The number of halogens is 1. The van der Waals surface area contributed by atoms with E-state index in [1.165, 1.54) is 0 Å². The van der Waals surface area contributed by atoms with Crippen molar-refractivity contribution in [2.45, 2.75) is 38.0 Å². The number of carbonyl (C=O) groups is 2. The number of carbonyl (C=O) groups excluding carboxylic acids is 2. The smallest absolute Gasteiger partial charge is 0.257 e. The lowest BCUT2D eigenvalue weighted by atomic mass is 9.92. The molecule has 25 heavy (non-hydrogen) atoms. The van der Waals surface area contributed by atoms with Crippen LogP contribution in [-0.4, -0.2) is 48.6 Å². The molecule has 0 radical (unpaired) electrons. The zero-order valence-electron chi connectivity index (χ0n) is 14.4. The van der Waals surface area contributed by atoms with Crippen LogP contribution >= 0.6 is 0 Å². The molecule has 1 heterocycles. The molecular formula is C19H25FN2O3. The molecule has 0 atom stereocenters. The number of benzene rings is 1. The molecule has 136 valence electrons. The van der Waals surface area contributed by atoms with Crippen molar-refractivity contribution in [1.29, 1.82) is 0 Å². The fraction of sp³-hybridized carbons (Fsp3) is 0.579. The first-order chi connectivity index (χ1) is 12.1. The third kappa shape index (κ3) is 5.01. The Labute approximate surface area is 147 Å². The fourth-order valence-electron chi connectivity index (χ4n) is 2.98. The summed E-state index contributed by atoms with van der Waals surface area (Å²) in [5.41, 5.74) is -0.847. The maximum absolute atomic E-state index is 14.8. The molecule has 5 nitrogen and oxygen atoms in total. The molecule has 1 aromatic rings. The summed E-state index contributed by atoms with van der Waals surface area (Å²) in [5.74, 6) is -0.154. The predicted octanol–water partition coefficient (Wildman–Crippen LogP) is 2.06. The minimum atomic E-state index is -1.85. The van der Waals surface area contributed by atoms with Crippen molar-refractivity contribution in [3.05, 3.63) is 35.9 Å².